The van der Waals surface area contributed by atoms with Gasteiger partial charge in [0.2, 0.25) is 0 Å². The second kappa shape index (κ2) is 5.96. The van der Waals surface area contributed by atoms with Crippen LogP contribution in [0.25, 0.3) is 16.2 Å². The van der Waals surface area contributed by atoms with Gasteiger partial charge in [0.05, 0.1) is 0 Å². The molecule has 1 aliphatic heterocycles. The van der Waals surface area contributed by atoms with Crippen molar-refractivity contribution in [1.29, 1.82) is 0 Å². The molecular formula is C19H15N3O3S. The minimum Gasteiger partial charge on any atom is -0.507 e. The quantitative estimate of drug-likeness (QED) is 0.567. The zero-order valence-electron chi connectivity index (χ0n) is 13.7. The first-order valence-electron chi connectivity index (χ1n) is 8.20. The van der Waals surface area contributed by atoms with Crippen LogP contribution in [0.3, 0.4) is 0 Å². The van der Waals surface area contributed by atoms with Gasteiger partial charge in [0.1, 0.15) is 30.5 Å². The molecule has 5 rings (SSSR count). The van der Waals surface area contributed by atoms with Crippen molar-refractivity contribution in [3.8, 4) is 28.5 Å². The minimum atomic E-state index is 0.198. The summed E-state index contributed by atoms with van der Waals surface area (Å²) in [4.78, 5) is 5.54. The van der Waals surface area contributed by atoms with Crippen LogP contribution in [0.4, 0.5) is 11.5 Å². The maximum atomic E-state index is 10.3. The summed E-state index contributed by atoms with van der Waals surface area (Å²) in [5, 5.41) is 15.7. The van der Waals surface area contributed by atoms with Gasteiger partial charge in [0.25, 0.3) is 0 Å². The summed E-state index contributed by atoms with van der Waals surface area (Å²) >= 11 is 1.54. The summed E-state index contributed by atoms with van der Waals surface area (Å²) in [5.41, 5.74) is 2.24. The van der Waals surface area contributed by atoms with E-state index in [1.54, 1.807) is 23.5 Å². The lowest BCUT2D eigenvalue weighted by atomic mass is 10.1. The first kappa shape index (κ1) is 15.1. The zero-order valence-corrected chi connectivity index (χ0v) is 14.5. The van der Waals surface area contributed by atoms with Gasteiger partial charge >= 0.3 is 0 Å². The molecule has 0 atom stereocenters. The number of thiazole rings is 1. The Morgan fingerprint density at radius 3 is 2.81 bits per heavy atom. The van der Waals surface area contributed by atoms with Gasteiger partial charge in [-0.1, -0.05) is 12.1 Å². The van der Waals surface area contributed by atoms with E-state index in [0.717, 1.165) is 28.0 Å². The predicted molar refractivity (Wildman–Crippen MR) is 101 cm³/mol. The van der Waals surface area contributed by atoms with E-state index in [1.165, 1.54) is 0 Å². The average molecular weight is 365 g/mol. The van der Waals surface area contributed by atoms with Crippen LogP contribution in [-0.2, 0) is 0 Å². The van der Waals surface area contributed by atoms with Crippen molar-refractivity contribution in [2.45, 2.75) is 0 Å². The van der Waals surface area contributed by atoms with Crippen LogP contribution in [0.5, 0.6) is 17.2 Å². The van der Waals surface area contributed by atoms with E-state index in [4.69, 9.17) is 14.5 Å². The lowest BCUT2D eigenvalue weighted by molar-refractivity contribution is 0.171. The van der Waals surface area contributed by atoms with Crippen LogP contribution >= 0.6 is 11.3 Å². The van der Waals surface area contributed by atoms with Crippen LogP contribution in [-0.4, -0.2) is 27.7 Å². The average Bonchev–Trinajstić information content (AvgIpc) is 3.25. The number of hydrogen-bond donors (Lipinski definition) is 2. The molecule has 0 fully saturated rings. The normalized spacial score (nSPS) is 13.1. The van der Waals surface area contributed by atoms with Gasteiger partial charge in [-0.05, 0) is 24.3 Å². The molecule has 4 aromatic rings. The van der Waals surface area contributed by atoms with E-state index < -0.39 is 0 Å². The highest BCUT2D eigenvalue weighted by molar-refractivity contribution is 7.15. The molecule has 3 heterocycles. The lowest BCUT2D eigenvalue weighted by Gasteiger charge is -2.19. The molecule has 0 spiro atoms. The molecule has 0 saturated carbocycles. The van der Waals surface area contributed by atoms with Gasteiger partial charge in [0, 0.05) is 28.9 Å². The fourth-order valence-electron chi connectivity index (χ4n) is 3.02. The smallest absolute Gasteiger partial charge is 0.195 e. The predicted octanol–water partition coefficient (Wildman–Crippen LogP) is 4.28. The number of imidazole rings is 1. The Morgan fingerprint density at radius 2 is 1.92 bits per heavy atom. The van der Waals surface area contributed by atoms with Crippen molar-refractivity contribution in [3.05, 3.63) is 54.0 Å². The van der Waals surface area contributed by atoms with Crippen LogP contribution in [0.15, 0.2) is 54.0 Å². The van der Waals surface area contributed by atoms with E-state index in [2.05, 4.69) is 5.32 Å². The minimum absolute atomic E-state index is 0.198. The number of phenols is 1. The van der Waals surface area contributed by atoms with E-state index >= 15 is 0 Å². The van der Waals surface area contributed by atoms with Gasteiger partial charge < -0.3 is 19.9 Å². The molecule has 7 heteroatoms. The molecule has 0 radical (unpaired) electrons. The highest BCUT2D eigenvalue weighted by Gasteiger charge is 2.19. The monoisotopic (exact) mass is 365 g/mol. The fraction of sp³-hybridized carbons (Fsp3) is 0.105. The number of hydrogen-bond acceptors (Lipinski definition) is 6. The third kappa shape index (κ3) is 2.44. The maximum Gasteiger partial charge on any atom is 0.195 e. The number of anilines is 2. The SMILES string of the molecule is Oc1ccccc1-c1nc2sccn2c1Nc1ccc2c(c1)OCCO2. The molecule has 6 nitrogen and oxygen atoms in total. The molecular weight excluding hydrogens is 350 g/mol. The fourth-order valence-corrected chi connectivity index (χ4v) is 3.74. The van der Waals surface area contributed by atoms with Crippen LogP contribution in [0, 0.1) is 0 Å². The molecule has 2 aromatic heterocycles. The van der Waals surface area contributed by atoms with Crippen molar-refractivity contribution in [3.63, 3.8) is 0 Å². The molecule has 26 heavy (non-hydrogen) atoms. The number of benzene rings is 2. The Labute approximate surface area is 153 Å². The maximum absolute atomic E-state index is 10.3. The second-order valence-corrected chi connectivity index (χ2v) is 6.74. The summed E-state index contributed by atoms with van der Waals surface area (Å²) in [6, 6.07) is 12.9. The zero-order chi connectivity index (χ0) is 17.5. The number of nitrogens with one attached hydrogen (secondary N) is 1. The molecule has 0 saturated heterocycles. The van der Waals surface area contributed by atoms with Crippen molar-refractivity contribution in [1.82, 2.24) is 9.38 Å². The highest BCUT2D eigenvalue weighted by Crippen LogP contribution is 2.39. The Morgan fingerprint density at radius 1 is 1.08 bits per heavy atom. The topological polar surface area (TPSA) is 68.0 Å². The number of ether oxygens (including phenoxy) is 2. The molecule has 1 aliphatic rings. The van der Waals surface area contributed by atoms with Gasteiger partial charge in [-0.25, -0.2) is 4.98 Å². The van der Waals surface area contributed by atoms with Gasteiger partial charge in [0.15, 0.2) is 16.5 Å². The van der Waals surface area contributed by atoms with Crippen molar-refractivity contribution >= 4 is 27.8 Å². The van der Waals surface area contributed by atoms with E-state index in [0.29, 0.717) is 24.5 Å². The Hall–Kier alpha value is -3.19. The van der Waals surface area contributed by atoms with Crippen molar-refractivity contribution in [2.24, 2.45) is 0 Å². The van der Waals surface area contributed by atoms with Crippen LogP contribution < -0.4 is 14.8 Å². The number of aromatic nitrogens is 2. The molecule has 0 unspecified atom stereocenters. The third-order valence-corrected chi connectivity index (χ3v) is 4.98. The molecule has 2 aromatic carbocycles. The summed E-state index contributed by atoms with van der Waals surface area (Å²) in [6.45, 7) is 1.11. The number of nitrogens with zero attached hydrogens (tertiary/aromatic N) is 2. The van der Waals surface area contributed by atoms with Crippen molar-refractivity contribution in [2.75, 3.05) is 18.5 Å². The van der Waals surface area contributed by atoms with E-state index in [-0.39, 0.29) is 5.75 Å². The van der Waals surface area contributed by atoms with Crippen molar-refractivity contribution < 1.29 is 14.6 Å². The Kier molecular flexibility index (Phi) is 3.46. The van der Waals surface area contributed by atoms with E-state index in [1.807, 2.05) is 46.3 Å². The lowest BCUT2D eigenvalue weighted by Crippen LogP contribution is -2.15. The summed E-state index contributed by atoms with van der Waals surface area (Å²) in [7, 11) is 0. The number of rotatable bonds is 3. The van der Waals surface area contributed by atoms with Crippen LogP contribution in [0.2, 0.25) is 0 Å². The number of fused-ring (bicyclic) bond motifs is 2. The number of para-hydroxylation sites is 1. The van der Waals surface area contributed by atoms with E-state index in [9.17, 15) is 5.11 Å². The standard InChI is InChI=1S/C19H15N3O3S/c23-14-4-2-1-3-13(14)17-18(22-7-10-26-19(22)21-17)20-12-5-6-15-16(11-12)25-9-8-24-15/h1-7,10-11,20,23H,8-9H2. The number of aromatic hydroxyl groups is 1. The van der Waals surface area contributed by atoms with Gasteiger partial charge in [-0.15, -0.1) is 11.3 Å². The van der Waals surface area contributed by atoms with Gasteiger partial charge in [-0.3, -0.25) is 4.40 Å². The molecule has 0 amide bonds. The Balaban J connectivity index is 1.61. The summed E-state index contributed by atoms with van der Waals surface area (Å²) in [6.07, 6.45) is 1.96. The third-order valence-electron chi connectivity index (χ3n) is 4.23. The largest absolute Gasteiger partial charge is 0.507 e. The molecule has 2 N–H and O–H groups in total. The first-order chi connectivity index (χ1) is 12.8. The first-order valence-corrected chi connectivity index (χ1v) is 9.08. The highest BCUT2D eigenvalue weighted by atomic mass is 32.1. The Bertz CT molecular complexity index is 1100. The summed E-state index contributed by atoms with van der Waals surface area (Å²) < 4.78 is 13.2. The summed E-state index contributed by atoms with van der Waals surface area (Å²) in [5.74, 6) is 2.45. The van der Waals surface area contributed by atoms with Gasteiger partial charge in [-0.2, -0.15) is 0 Å². The molecule has 0 bridgehead atoms. The molecule has 0 aliphatic carbocycles. The number of phenolic OH excluding ortho intramolecular Hbond substituents is 1. The second-order valence-electron chi connectivity index (χ2n) is 5.87. The van der Waals surface area contributed by atoms with Crippen LogP contribution in [0.1, 0.15) is 0 Å². The molecule has 130 valence electrons.